The van der Waals surface area contributed by atoms with Crippen molar-refractivity contribution < 1.29 is 18.7 Å². The summed E-state index contributed by atoms with van der Waals surface area (Å²) >= 11 is 0. The van der Waals surface area contributed by atoms with Crippen molar-refractivity contribution in [2.24, 2.45) is 0 Å². The lowest BCUT2D eigenvalue weighted by Gasteiger charge is -2.10. The fourth-order valence-electron chi connectivity index (χ4n) is 2.17. The molecule has 0 spiro atoms. The zero-order valence-electron chi connectivity index (χ0n) is 13.8. The number of anilines is 1. The third kappa shape index (κ3) is 4.58. The fourth-order valence-corrected chi connectivity index (χ4v) is 2.17. The number of nitrogens with one attached hydrogen (secondary N) is 2. The lowest BCUT2D eigenvalue weighted by atomic mass is 10.1. The number of unbranched alkanes of at least 4 members (excludes halogenated alkanes) is 2. The summed E-state index contributed by atoms with van der Waals surface area (Å²) in [5.74, 6) is -0.295. The Bertz CT molecular complexity index is 683. The van der Waals surface area contributed by atoms with E-state index in [2.05, 4.69) is 22.5 Å². The second kappa shape index (κ2) is 8.71. The van der Waals surface area contributed by atoms with Crippen molar-refractivity contribution in [3.63, 3.8) is 0 Å². The van der Waals surface area contributed by atoms with Gasteiger partial charge in [-0.1, -0.05) is 19.8 Å². The SMILES string of the molecule is CCCCCNC(=O)C(=O)Nc1ccc(-c2cnco2)c(OC)c1. The maximum atomic E-state index is 11.9. The quantitative estimate of drug-likeness (QED) is 0.601. The molecule has 0 radical (unpaired) electrons. The molecule has 0 saturated heterocycles. The Kier molecular flexibility index (Phi) is 6.36. The van der Waals surface area contributed by atoms with E-state index in [0.29, 0.717) is 29.3 Å². The van der Waals surface area contributed by atoms with Crippen molar-refractivity contribution >= 4 is 17.5 Å². The Labute approximate surface area is 140 Å². The number of amides is 2. The van der Waals surface area contributed by atoms with Gasteiger partial charge in [-0.05, 0) is 18.6 Å². The molecule has 1 aromatic carbocycles. The highest BCUT2D eigenvalue weighted by atomic mass is 16.5. The molecule has 7 nitrogen and oxygen atoms in total. The molecule has 1 heterocycles. The van der Waals surface area contributed by atoms with E-state index in [-0.39, 0.29) is 0 Å². The van der Waals surface area contributed by atoms with Gasteiger partial charge in [-0.15, -0.1) is 0 Å². The zero-order chi connectivity index (χ0) is 17.4. The maximum Gasteiger partial charge on any atom is 0.313 e. The molecule has 2 amide bonds. The average molecular weight is 331 g/mol. The van der Waals surface area contributed by atoms with Crippen LogP contribution in [0.3, 0.4) is 0 Å². The predicted octanol–water partition coefficient (Wildman–Crippen LogP) is 2.60. The van der Waals surface area contributed by atoms with Crippen LogP contribution in [-0.4, -0.2) is 30.5 Å². The van der Waals surface area contributed by atoms with Crippen LogP contribution >= 0.6 is 0 Å². The van der Waals surface area contributed by atoms with Gasteiger partial charge in [0, 0.05) is 18.3 Å². The molecule has 0 aliphatic carbocycles. The van der Waals surface area contributed by atoms with Gasteiger partial charge in [0.2, 0.25) is 0 Å². The highest BCUT2D eigenvalue weighted by Crippen LogP contribution is 2.32. The molecule has 0 atom stereocenters. The first kappa shape index (κ1) is 17.5. The Morgan fingerprint density at radius 1 is 1.25 bits per heavy atom. The van der Waals surface area contributed by atoms with Crippen LogP contribution in [0, 0.1) is 0 Å². The van der Waals surface area contributed by atoms with Crippen molar-refractivity contribution in [3.05, 3.63) is 30.8 Å². The number of nitrogens with zero attached hydrogens (tertiary/aromatic N) is 1. The lowest BCUT2D eigenvalue weighted by molar-refractivity contribution is -0.136. The number of hydrogen-bond donors (Lipinski definition) is 2. The summed E-state index contributed by atoms with van der Waals surface area (Å²) < 4.78 is 10.5. The molecule has 24 heavy (non-hydrogen) atoms. The molecule has 7 heteroatoms. The molecule has 0 unspecified atom stereocenters. The largest absolute Gasteiger partial charge is 0.496 e. The first-order valence-corrected chi connectivity index (χ1v) is 7.81. The molecule has 128 valence electrons. The smallest absolute Gasteiger partial charge is 0.313 e. The number of aromatic nitrogens is 1. The molecule has 0 aliphatic rings. The second-order valence-electron chi connectivity index (χ2n) is 5.20. The predicted molar refractivity (Wildman–Crippen MR) is 89.7 cm³/mol. The molecular formula is C17H21N3O4. The molecule has 0 bridgehead atoms. The molecule has 1 aromatic heterocycles. The van der Waals surface area contributed by atoms with Crippen molar-refractivity contribution in [2.45, 2.75) is 26.2 Å². The minimum absolute atomic E-state index is 0.462. The highest BCUT2D eigenvalue weighted by Gasteiger charge is 2.15. The summed E-state index contributed by atoms with van der Waals surface area (Å²) in [6.07, 6.45) is 5.82. The standard InChI is InChI=1S/C17H21N3O4/c1-3-4-5-8-19-16(21)17(22)20-12-6-7-13(14(9-12)23-2)15-10-18-11-24-15/h6-7,9-11H,3-5,8H2,1-2H3,(H,19,21)(H,20,22). The number of rotatable bonds is 7. The minimum Gasteiger partial charge on any atom is -0.496 e. The van der Waals surface area contributed by atoms with Gasteiger partial charge in [-0.2, -0.15) is 0 Å². The number of hydrogen-bond acceptors (Lipinski definition) is 5. The normalized spacial score (nSPS) is 10.2. The average Bonchev–Trinajstić information content (AvgIpc) is 3.12. The van der Waals surface area contributed by atoms with Crippen molar-refractivity contribution in [1.29, 1.82) is 0 Å². The van der Waals surface area contributed by atoms with Crippen LogP contribution in [0.4, 0.5) is 5.69 Å². The summed E-state index contributed by atoms with van der Waals surface area (Å²) in [5, 5.41) is 5.15. The number of oxazole rings is 1. The van der Waals surface area contributed by atoms with Gasteiger partial charge in [0.15, 0.2) is 12.2 Å². The summed E-state index contributed by atoms with van der Waals surface area (Å²) in [4.78, 5) is 27.5. The Morgan fingerprint density at radius 3 is 2.75 bits per heavy atom. The third-order valence-corrected chi connectivity index (χ3v) is 3.43. The van der Waals surface area contributed by atoms with Crippen LogP contribution in [0.15, 0.2) is 35.2 Å². The lowest BCUT2D eigenvalue weighted by Crippen LogP contribution is -2.35. The maximum absolute atomic E-state index is 11.9. The van der Waals surface area contributed by atoms with E-state index in [4.69, 9.17) is 9.15 Å². The molecule has 0 aliphatic heterocycles. The van der Waals surface area contributed by atoms with Crippen molar-refractivity contribution in [3.8, 4) is 17.1 Å². The summed E-state index contributed by atoms with van der Waals surface area (Å²) in [5.41, 5.74) is 1.17. The summed E-state index contributed by atoms with van der Waals surface area (Å²) in [7, 11) is 1.52. The molecule has 2 N–H and O–H groups in total. The van der Waals surface area contributed by atoms with Crippen LogP contribution in [0.25, 0.3) is 11.3 Å². The number of ether oxygens (including phenoxy) is 1. The minimum atomic E-state index is -0.707. The Balaban J connectivity index is 1.99. The summed E-state index contributed by atoms with van der Waals surface area (Å²) in [6.45, 7) is 2.57. The van der Waals surface area contributed by atoms with Crippen molar-refractivity contribution in [1.82, 2.24) is 10.3 Å². The van der Waals surface area contributed by atoms with Crippen LogP contribution in [0.5, 0.6) is 5.75 Å². The van der Waals surface area contributed by atoms with E-state index in [1.165, 1.54) is 13.5 Å². The van der Waals surface area contributed by atoms with E-state index in [0.717, 1.165) is 19.3 Å². The zero-order valence-corrected chi connectivity index (χ0v) is 13.8. The van der Waals surface area contributed by atoms with Gasteiger partial charge in [0.1, 0.15) is 5.75 Å². The van der Waals surface area contributed by atoms with E-state index in [9.17, 15) is 9.59 Å². The van der Waals surface area contributed by atoms with Gasteiger partial charge in [0.25, 0.3) is 0 Å². The third-order valence-electron chi connectivity index (χ3n) is 3.43. The Morgan fingerprint density at radius 2 is 2.08 bits per heavy atom. The van der Waals surface area contributed by atoms with E-state index in [1.54, 1.807) is 24.4 Å². The van der Waals surface area contributed by atoms with Gasteiger partial charge < -0.3 is 19.8 Å². The molecule has 2 aromatic rings. The van der Waals surface area contributed by atoms with Gasteiger partial charge in [-0.25, -0.2) is 4.98 Å². The first-order valence-electron chi connectivity index (χ1n) is 7.81. The van der Waals surface area contributed by atoms with E-state index >= 15 is 0 Å². The van der Waals surface area contributed by atoms with E-state index < -0.39 is 11.8 Å². The highest BCUT2D eigenvalue weighted by molar-refractivity contribution is 6.39. The van der Waals surface area contributed by atoms with Gasteiger partial charge >= 0.3 is 11.8 Å². The first-order chi connectivity index (χ1) is 11.7. The summed E-state index contributed by atoms with van der Waals surface area (Å²) in [6, 6.07) is 5.02. The number of carbonyl (C=O) groups excluding carboxylic acids is 2. The van der Waals surface area contributed by atoms with Crippen molar-refractivity contribution in [2.75, 3.05) is 19.0 Å². The molecule has 2 rings (SSSR count). The number of benzene rings is 1. The second-order valence-corrected chi connectivity index (χ2v) is 5.20. The monoisotopic (exact) mass is 331 g/mol. The topological polar surface area (TPSA) is 93.5 Å². The fraction of sp³-hybridized carbons (Fsp3) is 0.353. The van der Waals surface area contributed by atoms with Crippen LogP contribution in [0.1, 0.15) is 26.2 Å². The number of carbonyl (C=O) groups is 2. The van der Waals surface area contributed by atoms with E-state index in [1.807, 2.05) is 0 Å². The number of methoxy groups -OCH3 is 1. The Hall–Kier alpha value is -2.83. The molecular weight excluding hydrogens is 310 g/mol. The van der Waals surface area contributed by atoms with Crippen LogP contribution in [-0.2, 0) is 9.59 Å². The van der Waals surface area contributed by atoms with Crippen LogP contribution in [0.2, 0.25) is 0 Å². The van der Waals surface area contributed by atoms with Gasteiger partial charge in [0.05, 0.1) is 18.9 Å². The van der Waals surface area contributed by atoms with Crippen LogP contribution < -0.4 is 15.4 Å². The molecule has 0 fully saturated rings. The van der Waals surface area contributed by atoms with Gasteiger partial charge in [-0.3, -0.25) is 9.59 Å². The molecule has 0 saturated carbocycles.